The summed E-state index contributed by atoms with van der Waals surface area (Å²) in [5.74, 6) is -0.145. The van der Waals surface area contributed by atoms with Gasteiger partial charge in [0.15, 0.2) is 0 Å². The molecule has 0 aliphatic heterocycles. The highest BCUT2D eigenvalue weighted by molar-refractivity contribution is 6.33. The van der Waals surface area contributed by atoms with Crippen molar-refractivity contribution >= 4 is 23.2 Å². The fourth-order valence-corrected chi connectivity index (χ4v) is 3.07. The molecule has 0 radical (unpaired) electrons. The number of nitrogens with zero attached hydrogens (tertiary/aromatic N) is 2. The Bertz CT molecular complexity index is 952. The quantitative estimate of drug-likeness (QED) is 0.676. The van der Waals surface area contributed by atoms with E-state index in [0.717, 1.165) is 17.8 Å². The van der Waals surface area contributed by atoms with Crippen LogP contribution < -0.4 is 5.32 Å². The molecule has 2 aromatic carbocycles. The van der Waals surface area contributed by atoms with E-state index in [9.17, 15) is 4.79 Å². The minimum atomic E-state index is -0.145. The van der Waals surface area contributed by atoms with E-state index in [0.29, 0.717) is 16.3 Å². The fourth-order valence-electron chi connectivity index (χ4n) is 2.84. The minimum Gasteiger partial charge on any atom is -0.322 e. The topological polar surface area (TPSA) is 45.2 Å². The normalized spacial score (nSPS) is 10.9. The van der Waals surface area contributed by atoms with Crippen molar-refractivity contribution in [3.63, 3.8) is 0 Å². The van der Waals surface area contributed by atoms with Gasteiger partial charge < -0.3 is 10.2 Å². The second-order valence-corrected chi connectivity index (χ2v) is 7.15. The van der Waals surface area contributed by atoms with Crippen LogP contribution in [-0.4, -0.2) is 29.9 Å². The van der Waals surface area contributed by atoms with Gasteiger partial charge in [-0.25, -0.2) is 0 Å². The van der Waals surface area contributed by atoms with Crippen LogP contribution in [0.15, 0.2) is 60.8 Å². The zero-order chi connectivity index (χ0) is 19.4. The molecule has 3 aromatic rings. The number of hydrogen-bond donors (Lipinski definition) is 1. The molecule has 5 heteroatoms. The van der Waals surface area contributed by atoms with Crippen LogP contribution in [0.25, 0.3) is 11.3 Å². The summed E-state index contributed by atoms with van der Waals surface area (Å²) < 4.78 is 0. The smallest absolute Gasteiger partial charge is 0.255 e. The van der Waals surface area contributed by atoms with Crippen molar-refractivity contribution in [2.45, 2.75) is 13.5 Å². The minimum absolute atomic E-state index is 0.145. The number of benzene rings is 2. The number of rotatable bonds is 5. The van der Waals surface area contributed by atoms with Gasteiger partial charge in [-0.2, -0.15) is 0 Å². The van der Waals surface area contributed by atoms with Crippen molar-refractivity contribution in [2.75, 3.05) is 19.4 Å². The predicted molar refractivity (Wildman–Crippen MR) is 111 cm³/mol. The maximum Gasteiger partial charge on any atom is 0.255 e. The Kier molecular flexibility index (Phi) is 5.89. The lowest BCUT2D eigenvalue weighted by atomic mass is 10.1. The number of carbonyl (C=O) groups excluding carboxylic acids is 1. The average molecular weight is 380 g/mol. The van der Waals surface area contributed by atoms with Gasteiger partial charge in [-0.1, -0.05) is 29.8 Å². The molecule has 1 amide bonds. The van der Waals surface area contributed by atoms with E-state index in [4.69, 9.17) is 11.6 Å². The highest BCUT2D eigenvalue weighted by Gasteiger charge is 2.10. The molecule has 0 spiro atoms. The molecule has 0 fully saturated rings. The highest BCUT2D eigenvalue weighted by atomic mass is 35.5. The van der Waals surface area contributed by atoms with Gasteiger partial charge in [0.1, 0.15) is 0 Å². The van der Waals surface area contributed by atoms with E-state index >= 15 is 0 Å². The number of nitrogens with one attached hydrogen (secondary N) is 1. The second kappa shape index (κ2) is 8.33. The third-order valence-electron chi connectivity index (χ3n) is 4.27. The van der Waals surface area contributed by atoms with Crippen molar-refractivity contribution in [1.29, 1.82) is 0 Å². The number of aryl methyl sites for hydroxylation is 1. The highest BCUT2D eigenvalue weighted by Crippen LogP contribution is 2.25. The summed E-state index contributed by atoms with van der Waals surface area (Å²) in [6, 6.07) is 16.8. The van der Waals surface area contributed by atoms with E-state index < -0.39 is 0 Å². The first-order valence-electron chi connectivity index (χ1n) is 8.70. The zero-order valence-electron chi connectivity index (χ0n) is 15.7. The number of amides is 1. The number of pyridine rings is 1. The Labute approximate surface area is 164 Å². The van der Waals surface area contributed by atoms with Crippen LogP contribution in [0.1, 0.15) is 21.5 Å². The summed E-state index contributed by atoms with van der Waals surface area (Å²) in [5.41, 5.74) is 5.36. The van der Waals surface area contributed by atoms with Gasteiger partial charge in [-0.15, -0.1) is 0 Å². The standard InChI is InChI=1S/C22H22ClN3O/c1-15-6-11-19(13-18(15)14-26(2)3)25-22(27)17-9-7-16(8-10-17)21-20(23)5-4-12-24-21/h4-13H,14H2,1-3H3,(H,25,27). The fraction of sp³-hybridized carbons (Fsp3) is 0.182. The number of halogens is 1. The molecule has 3 rings (SSSR count). The molecule has 0 aliphatic carbocycles. The van der Waals surface area contributed by atoms with Gasteiger partial charge in [-0.05, 0) is 68.5 Å². The van der Waals surface area contributed by atoms with Crippen LogP contribution in [-0.2, 0) is 6.54 Å². The van der Waals surface area contributed by atoms with Gasteiger partial charge in [0.05, 0.1) is 10.7 Å². The Hall–Kier alpha value is -2.69. The number of anilines is 1. The molecular weight excluding hydrogens is 358 g/mol. The van der Waals surface area contributed by atoms with Crippen LogP contribution in [0, 0.1) is 6.92 Å². The van der Waals surface area contributed by atoms with E-state index in [1.807, 2.05) is 44.4 Å². The molecule has 0 saturated carbocycles. The predicted octanol–water partition coefficient (Wildman–Crippen LogP) is 5.02. The number of aromatic nitrogens is 1. The van der Waals surface area contributed by atoms with E-state index in [1.54, 1.807) is 30.5 Å². The number of carbonyl (C=O) groups is 1. The van der Waals surface area contributed by atoms with Crippen molar-refractivity contribution in [1.82, 2.24) is 9.88 Å². The first kappa shape index (κ1) is 19.1. The van der Waals surface area contributed by atoms with Crippen LogP contribution in [0.2, 0.25) is 5.02 Å². The van der Waals surface area contributed by atoms with Gasteiger partial charge in [0, 0.05) is 29.6 Å². The van der Waals surface area contributed by atoms with Crippen molar-refractivity contribution in [2.24, 2.45) is 0 Å². The first-order valence-corrected chi connectivity index (χ1v) is 9.08. The van der Waals surface area contributed by atoms with Crippen LogP contribution in [0.3, 0.4) is 0 Å². The molecule has 0 bridgehead atoms. The van der Waals surface area contributed by atoms with E-state index in [2.05, 4.69) is 22.1 Å². The third-order valence-corrected chi connectivity index (χ3v) is 4.58. The van der Waals surface area contributed by atoms with Gasteiger partial charge in [-0.3, -0.25) is 9.78 Å². The van der Waals surface area contributed by atoms with Crippen molar-refractivity contribution in [3.05, 3.63) is 82.5 Å². The molecule has 0 atom stereocenters. The summed E-state index contributed by atoms with van der Waals surface area (Å²) in [5, 5.41) is 3.56. The lowest BCUT2D eigenvalue weighted by Crippen LogP contribution is -2.14. The monoisotopic (exact) mass is 379 g/mol. The lowest BCUT2D eigenvalue weighted by Gasteiger charge is -2.14. The van der Waals surface area contributed by atoms with Crippen LogP contribution in [0.4, 0.5) is 5.69 Å². The maximum atomic E-state index is 12.6. The molecular formula is C22H22ClN3O. The summed E-state index contributed by atoms with van der Waals surface area (Å²) >= 11 is 6.19. The molecule has 1 N–H and O–H groups in total. The Morgan fingerprint density at radius 1 is 1.11 bits per heavy atom. The number of hydrogen-bond acceptors (Lipinski definition) is 3. The Balaban J connectivity index is 1.76. The summed E-state index contributed by atoms with van der Waals surface area (Å²) in [6.07, 6.45) is 1.70. The Morgan fingerprint density at radius 2 is 1.85 bits per heavy atom. The van der Waals surface area contributed by atoms with Crippen LogP contribution >= 0.6 is 11.6 Å². The summed E-state index contributed by atoms with van der Waals surface area (Å²) in [6.45, 7) is 2.90. The molecule has 1 heterocycles. The molecule has 1 aromatic heterocycles. The lowest BCUT2D eigenvalue weighted by molar-refractivity contribution is 0.102. The molecule has 0 aliphatic rings. The van der Waals surface area contributed by atoms with E-state index in [1.165, 1.54) is 11.1 Å². The largest absolute Gasteiger partial charge is 0.322 e. The van der Waals surface area contributed by atoms with Crippen molar-refractivity contribution in [3.8, 4) is 11.3 Å². The van der Waals surface area contributed by atoms with Gasteiger partial charge in [0.2, 0.25) is 0 Å². The Morgan fingerprint density at radius 3 is 2.52 bits per heavy atom. The SMILES string of the molecule is Cc1ccc(NC(=O)c2ccc(-c3ncccc3Cl)cc2)cc1CN(C)C. The summed E-state index contributed by atoms with van der Waals surface area (Å²) in [7, 11) is 4.06. The second-order valence-electron chi connectivity index (χ2n) is 6.74. The molecule has 0 saturated heterocycles. The van der Waals surface area contributed by atoms with E-state index in [-0.39, 0.29) is 5.91 Å². The molecule has 27 heavy (non-hydrogen) atoms. The maximum absolute atomic E-state index is 12.6. The van der Waals surface area contributed by atoms with Gasteiger partial charge in [0.25, 0.3) is 5.91 Å². The average Bonchev–Trinajstić information content (AvgIpc) is 2.64. The molecule has 0 unspecified atom stereocenters. The zero-order valence-corrected chi connectivity index (χ0v) is 16.4. The molecule has 138 valence electrons. The van der Waals surface area contributed by atoms with Crippen LogP contribution in [0.5, 0.6) is 0 Å². The summed E-state index contributed by atoms with van der Waals surface area (Å²) in [4.78, 5) is 19.0. The third kappa shape index (κ3) is 4.73. The molecule has 4 nitrogen and oxygen atoms in total. The first-order chi connectivity index (χ1) is 12.9. The van der Waals surface area contributed by atoms with Crippen molar-refractivity contribution < 1.29 is 4.79 Å². The van der Waals surface area contributed by atoms with Gasteiger partial charge >= 0.3 is 0 Å².